The normalized spacial score (nSPS) is 16.3. The van der Waals surface area contributed by atoms with E-state index in [2.05, 4.69) is 11.6 Å². The van der Waals surface area contributed by atoms with Crippen molar-refractivity contribution in [3.63, 3.8) is 0 Å². The summed E-state index contributed by atoms with van der Waals surface area (Å²) in [6.45, 7) is 6.83. The molecule has 2 heterocycles. The first-order valence-corrected chi connectivity index (χ1v) is 10.6. The van der Waals surface area contributed by atoms with Crippen molar-refractivity contribution in [2.75, 3.05) is 18.9 Å². The second kappa shape index (κ2) is 8.68. The second-order valence-electron chi connectivity index (χ2n) is 8.04. The number of nitrogens with zero attached hydrogens (tertiary/aromatic N) is 2. The molecule has 31 heavy (non-hydrogen) atoms. The van der Waals surface area contributed by atoms with Gasteiger partial charge in [-0.05, 0) is 49.9 Å². The van der Waals surface area contributed by atoms with Gasteiger partial charge in [-0.3, -0.25) is 9.78 Å². The number of fused-ring (bicyclic) bond motifs is 1. The van der Waals surface area contributed by atoms with Gasteiger partial charge in [-0.25, -0.2) is 0 Å². The number of anilines is 1. The van der Waals surface area contributed by atoms with Crippen LogP contribution >= 0.6 is 0 Å². The quantitative estimate of drug-likeness (QED) is 0.610. The molecule has 1 aliphatic heterocycles. The molecule has 1 aliphatic rings. The molecule has 3 aromatic rings. The maximum Gasteiger partial charge on any atom is 0.255 e. The first-order chi connectivity index (χ1) is 15.0. The van der Waals surface area contributed by atoms with E-state index in [0.29, 0.717) is 35.8 Å². The summed E-state index contributed by atoms with van der Waals surface area (Å²) in [7, 11) is 0. The summed E-state index contributed by atoms with van der Waals surface area (Å²) in [6.07, 6.45) is 4.70. The Balaban J connectivity index is 1.61. The zero-order valence-electron chi connectivity index (χ0n) is 17.8. The first kappa shape index (κ1) is 20.7. The fourth-order valence-corrected chi connectivity index (χ4v) is 4.31. The van der Waals surface area contributed by atoms with Crippen LogP contribution in [0.2, 0.25) is 0 Å². The highest BCUT2D eigenvalue weighted by atomic mass is 16.5. The van der Waals surface area contributed by atoms with Crippen LogP contribution in [0.5, 0.6) is 5.75 Å². The molecule has 4 N–H and O–H groups in total. The molecule has 4 rings (SSSR count). The Morgan fingerprint density at radius 1 is 1.19 bits per heavy atom. The van der Waals surface area contributed by atoms with Gasteiger partial charge in [0, 0.05) is 29.5 Å². The predicted molar refractivity (Wildman–Crippen MR) is 125 cm³/mol. The van der Waals surface area contributed by atoms with E-state index in [1.807, 2.05) is 48.2 Å². The third kappa shape index (κ3) is 4.06. The van der Waals surface area contributed by atoms with E-state index in [-0.39, 0.29) is 11.9 Å². The van der Waals surface area contributed by atoms with E-state index in [1.165, 1.54) is 0 Å². The largest absolute Gasteiger partial charge is 0.491 e. The summed E-state index contributed by atoms with van der Waals surface area (Å²) in [5.41, 5.74) is 15.9. The van der Waals surface area contributed by atoms with Crippen molar-refractivity contribution in [1.29, 1.82) is 0 Å². The molecule has 6 nitrogen and oxygen atoms in total. The molecule has 1 aromatic heterocycles. The molecular formula is C25H28N4O2. The van der Waals surface area contributed by atoms with Gasteiger partial charge < -0.3 is 21.1 Å². The number of nitrogens with two attached hydrogens (primary N) is 2. The van der Waals surface area contributed by atoms with Crippen molar-refractivity contribution in [2.45, 2.75) is 32.2 Å². The summed E-state index contributed by atoms with van der Waals surface area (Å²) in [4.78, 5) is 20.1. The number of hydrogen-bond acceptors (Lipinski definition) is 5. The van der Waals surface area contributed by atoms with Gasteiger partial charge in [0.05, 0.1) is 22.7 Å². The van der Waals surface area contributed by atoms with Crippen molar-refractivity contribution in [3.8, 4) is 5.75 Å². The molecule has 1 amide bonds. The number of aryl methyl sites for hydroxylation is 1. The maximum absolute atomic E-state index is 13.7. The zero-order chi connectivity index (χ0) is 22.0. The van der Waals surface area contributed by atoms with Gasteiger partial charge in [0.25, 0.3) is 5.91 Å². The van der Waals surface area contributed by atoms with Crippen LogP contribution in [-0.2, 0) is 0 Å². The molecule has 0 saturated carbocycles. The number of carbonyl (C=O) groups excluding carboxylic acids is 1. The molecular weight excluding hydrogens is 388 g/mol. The number of likely N-dealkylation sites (tertiary alicyclic amines) is 1. The number of ether oxygens (including phenoxy) is 1. The SMILES string of the molecule is C=C(N)c1c(N)cccc1OCC1CCCCN1C(=O)c1c(C)cnc2ccccc12. The number of para-hydroxylation sites is 1. The Morgan fingerprint density at radius 2 is 2.00 bits per heavy atom. The molecule has 160 valence electrons. The summed E-state index contributed by atoms with van der Waals surface area (Å²) in [5.74, 6) is 0.622. The molecule has 2 aromatic carbocycles. The summed E-state index contributed by atoms with van der Waals surface area (Å²) >= 11 is 0. The van der Waals surface area contributed by atoms with Gasteiger partial charge >= 0.3 is 0 Å². The van der Waals surface area contributed by atoms with Crippen molar-refractivity contribution in [1.82, 2.24) is 9.88 Å². The Hall–Kier alpha value is -3.54. The highest BCUT2D eigenvalue weighted by Crippen LogP contribution is 2.30. The van der Waals surface area contributed by atoms with Gasteiger partial charge in [0.1, 0.15) is 12.4 Å². The zero-order valence-corrected chi connectivity index (χ0v) is 17.8. The number of rotatable bonds is 5. The van der Waals surface area contributed by atoms with Crippen LogP contribution in [0.1, 0.15) is 40.7 Å². The molecule has 1 fully saturated rings. The predicted octanol–water partition coefficient (Wildman–Crippen LogP) is 4.13. The number of aromatic nitrogens is 1. The number of amides is 1. The molecule has 0 spiro atoms. The fourth-order valence-electron chi connectivity index (χ4n) is 4.31. The number of benzene rings is 2. The van der Waals surface area contributed by atoms with Gasteiger partial charge in [-0.2, -0.15) is 0 Å². The number of pyridine rings is 1. The van der Waals surface area contributed by atoms with Crippen LogP contribution in [0.15, 0.2) is 55.2 Å². The van der Waals surface area contributed by atoms with Gasteiger partial charge in [-0.15, -0.1) is 0 Å². The van der Waals surface area contributed by atoms with Gasteiger partial charge in [0.15, 0.2) is 0 Å². The maximum atomic E-state index is 13.7. The minimum atomic E-state index is -0.0344. The molecule has 1 saturated heterocycles. The lowest BCUT2D eigenvalue weighted by Gasteiger charge is -2.36. The van der Waals surface area contributed by atoms with Gasteiger partial charge in [-0.1, -0.05) is 30.8 Å². The monoisotopic (exact) mass is 416 g/mol. The molecule has 6 heteroatoms. The first-order valence-electron chi connectivity index (χ1n) is 10.6. The van der Waals surface area contributed by atoms with E-state index >= 15 is 0 Å². The van der Waals surface area contributed by atoms with Gasteiger partial charge in [0.2, 0.25) is 0 Å². The van der Waals surface area contributed by atoms with Crippen LogP contribution in [0.4, 0.5) is 5.69 Å². The number of hydrogen-bond donors (Lipinski definition) is 2. The van der Waals surface area contributed by atoms with Crippen LogP contribution in [-0.4, -0.2) is 35.0 Å². The van der Waals surface area contributed by atoms with Crippen LogP contribution in [0, 0.1) is 6.92 Å². The summed E-state index contributed by atoms with van der Waals surface area (Å²) in [5, 5.41) is 0.885. The Bertz CT molecular complexity index is 1140. The average Bonchev–Trinajstić information content (AvgIpc) is 2.77. The van der Waals surface area contributed by atoms with Crippen LogP contribution in [0.3, 0.4) is 0 Å². The second-order valence-corrected chi connectivity index (χ2v) is 8.04. The lowest BCUT2D eigenvalue weighted by molar-refractivity contribution is 0.0529. The molecule has 0 bridgehead atoms. The van der Waals surface area contributed by atoms with Crippen molar-refractivity contribution in [2.24, 2.45) is 5.73 Å². The smallest absolute Gasteiger partial charge is 0.255 e. The Kier molecular flexibility index (Phi) is 5.80. The van der Waals surface area contributed by atoms with E-state index in [1.54, 1.807) is 12.3 Å². The van der Waals surface area contributed by atoms with E-state index < -0.39 is 0 Å². The highest BCUT2D eigenvalue weighted by molar-refractivity contribution is 6.07. The van der Waals surface area contributed by atoms with Crippen molar-refractivity contribution < 1.29 is 9.53 Å². The fraction of sp³-hybridized carbons (Fsp3) is 0.280. The average molecular weight is 417 g/mol. The lowest BCUT2D eigenvalue weighted by atomic mass is 9.98. The standard InChI is InChI=1S/C25H28N4O2/c1-16-14-28-21-11-4-3-9-19(21)23(16)25(30)29-13-6-5-8-18(29)15-31-22-12-7-10-20(27)24(22)17(2)26/h3-4,7,9-12,14,18H,2,5-6,8,13,15,26-27H2,1H3. The van der Waals surface area contributed by atoms with E-state index in [0.717, 1.165) is 41.3 Å². The molecule has 0 radical (unpaired) electrons. The number of carbonyl (C=O) groups is 1. The molecule has 0 aliphatic carbocycles. The van der Waals surface area contributed by atoms with E-state index in [9.17, 15) is 4.79 Å². The summed E-state index contributed by atoms with van der Waals surface area (Å²) in [6, 6.07) is 13.2. The van der Waals surface area contributed by atoms with Crippen LogP contribution in [0.25, 0.3) is 16.6 Å². The third-order valence-electron chi connectivity index (χ3n) is 5.88. The Labute approximate surface area is 182 Å². The summed E-state index contributed by atoms with van der Waals surface area (Å²) < 4.78 is 6.13. The minimum absolute atomic E-state index is 0.0282. The van der Waals surface area contributed by atoms with Crippen molar-refractivity contribution >= 4 is 28.2 Å². The Morgan fingerprint density at radius 3 is 2.81 bits per heavy atom. The van der Waals surface area contributed by atoms with Crippen molar-refractivity contribution in [3.05, 3.63) is 71.9 Å². The van der Waals surface area contributed by atoms with E-state index in [4.69, 9.17) is 16.2 Å². The number of nitrogen functional groups attached to an aromatic ring is 1. The highest BCUT2D eigenvalue weighted by Gasteiger charge is 2.30. The minimum Gasteiger partial charge on any atom is -0.491 e. The number of piperidine rings is 1. The molecule has 1 unspecified atom stereocenters. The topological polar surface area (TPSA) is 94.5 Å². The third-order valence-corrected chi connectivity index (χ3v) is 5.88. The van der Waals surface area contributed by atoms with Crippen LogP contribution < -0.4 is 16.2 Å². The molecule has 1 atom stereocenters. The lowest BCUT2D eigenvalue weighted by Crippen LogP contribution is -2.47.